The van der Waals surface area contributed by atoms with Crippen molar-refractivity contribution in [2.24, 2.45) is 0 Å². The summed E-state index contributed by atoms with van der Waals surface area (Å²) in [6.45, 7) is 11.1. The number of benzene rings is 1. The molecular formula is C31H47NO13S2Si. The fraction of sp³-hybridized carbons (Fsp3) is 0.613. The fourth-order valence-corrected chi connectivity index (χ4v) is 8.52. The molecule has 0 aromatic heterocycles. The third-order valence-corrected chi connectivity index (χ3v) is 11.4. The molecule has 1 rings (SSSR count). The minimum atomic E-state index is -2.76. The van der Waals surface area contributed by atoms with Crippen LogP contribution in [0.2, 0.25) is 6.04 Å². The number of unbranched alkanes of at least 4 members (excludes halogenated alkanes) is 1. The van der Waals surface area contributed by atoms with E-state index in [1.165, 1.54) is 0 Å². The molecular weight excluding hydrogens is 687 g/mol. The van der Waals surface area contributed by atoms with Gasteiger partial charge in [-0.15, -0.1) is 0 Å². The first kappa shape index (κ1) is 43.1. The number of carboxylic acid groups (broad SMARTS) is 2. The van der Waals surface area contributed by atoms with Crippen LogP contribution in [0.25, 0.3) is 0 Å². The van der Waals surface area contributed by atoms with Crippen molar-refractivity contribution in [3.8, 4) is 0 Å². The normalized spacial score (nSPS) is 12.5. The lowest BCUT2D eigenvalue weighted by Gasteiger charge is -2.28. The third-order valence-electron chi connectivity index (χ3n) is 6.33. The number of rotatable bonds is 24. The molecule has 2 unspecified atom stereocenters. The number of carboxylic acids is 2. The lowest BCUT2D eigenvalue weighted by atomic mass is 10.0. The van der Waals surface area contributed by atoms with Gasteiger partial charge in [0.25, 0.3) is 5.24 Å². The Hall–Kier alpha value is -2.96. The van der Waals surface area contributed by atoms with Gasteiger partial charge in [-0.1, -0.05) is 37.4 Å². The Labute approximate surface area is 290 Å². The highest BCUT2D eigenvalue weighted by atomic mass is 32.2. The quantitative estimate of drug-likeness (QED) is 0.0705. The summed E-state index contributed by atoms with van der Waals surface area (Å²) in [7, 11) is -2.76. The van der Waals surface area contributed by atoms with Crippen LogP contribution in [0.1, 0.15) is 97.8 Å². The Kier molecular flexibility index (Phi) is 21.0. The molecule has 0 radical (unpaired) electrons. The number of amides is 1. The molecule has 0 spiro atoms. The molecule has 0 bridgehead atoms. The van der Waals surface area contributed by atoms with Crippen molar-refractivity contribution in [3.63, 3.8) is 0 Å². The lowest BCUT2D eigenvalue weighted by molar-refractivity contribution is -0.146. The zero-order valence-electron chi connectivity index (χ0n) is 28.1. The zero-order chi connectivity index (χ0) is 36.1. The Morgan fingerprint density at radius 1 is 0.750 bits per heavy atom. The maximum atomic E-state index is 12.6. The molecule has 0 aliphatic carbocycles. The van der Waals surface area contributed by atoms with Gasteiger partial charge >= 0.3 is 32.7 Å². The Morgan fingerprint density at radius 3 is 1.75 bits per heavy atom. The van der Waals surface area contributed by atoms with Crippen LogP contribution >= 0.6 is 23.5 Å². The van der Waals surface area contributed by atoms with Crippen molar-refractivity contribution in [3.05, 3.63) is 34.9 Å². The lowest BCUT2D eigenvalue weighted by Crippen LogP contribution is -2.46. The molecule has 48 heavy (non-hydrogen) atoms. The van der Waals surface area contributed by atoms with Gasteiger partial charge in [0, 0.05) is 48.5 Å². The molecule has 1 amide bonds. The molecule has 17 heteroatoms. The molecule has 0 saturated heterocycles. The maximum absolute atomic E-state index is 12.6. The maximum Gasteiger partial charge on any atom is 0.500 e. The van der Waals surface area contributed by atoms with Gasteiger partial charge in [-0.2, -0.15) is 0 Å². The highest BCUT2D eigenvalue weighted by Crippen LogP contribution is 2.24. The number of esters is 2. The van der Waals surface area contributed by atoms with Crippen LogP contribution in [0.4, 0.5) is 4.79 Å². The summed E-state index contributed by atoms with van der Waals surface area (Å²) in [5, 5.41) is 19.6. The molecule has 2 atom stereocenters. The van der Waals surface area contributed by atoms with Crippen LogP contribution in [0.5, 0.6) is 0 Å². The molecule has 270 valence electrons. The average molecular weight is 734 g/mol. The predicted molar refractivity (Wildman–Crippen MR) is 183 cm³/mol. The minimum Gasteiger partial charge on any atom is -0.478 e. The van der Waals surface area contributed by atoms with Crippen LogP contribution in [0.3, 0.4) is 0 Å². The zero-order valence-corrected chi connectivity index (χ0v) is 30.7. The van der Waals surface area contributed by atoms with Gasteiger partial charge in [0.2, 0.25) is 5.12 Å². The minimum absolute atomic E-state index is 0.0497. The average Bonchev–Trinajstić information content (AvgIpc) is 3.00. The van der Waals surface area contributed by atoms with Gasteiger partial charge in [-0.25, -0.2) is 9.59 Å². The summed E-state index contributed by atoms with van der Waals surface area (Å²) >= 11 is 1.77. The van der Waals surface area contributed by atoms with Crippen molar-refractivity contribution in [1.29, 1.82) is 0 Å². The van der Waals surface area contributed by atoms with Crippen LogP contribution in [0, 0.1) is 0 Å². The number of thioether (sulfide) groups is 2. The summed E-state index contributed by atoms with van der Waals surface area (Å²) in [5.74, 6) is -3.76. The van der Waals surface area contributed by atoms with Crippen LogP contribution in [-0.4, -0.2) is 103 Å². The summed E-state index contributed by atoms with van der Waals surface area (Å²) in [4.78, 5) is 71.9. The topological polar surface area (TPSA) is 201 Å². The number of hydrogen-bond donors (Lipinski definition) is 3. The summed E-state index contributed by atoms with van der Waals surface area (Å²) in [6, 6.07) is 3.78. The number of carbonyl (C=O) groups excluding carboxylic acids is 4. The van der Waals surface area contributed by atoms with E-state index in [0.717, 1.165) is 41.7 Å². The number of nitrogens with one attached hydrogen (secondary N) is 1. The second-order valence-electron chi connectivity index (χ2n) is 10.4. The molecule has 0 aliphatic heterocycles. The van der Waals surface area contributed by atoms with Crippen LogP contribution < -0.4 is 5.32 Å². The van der Waals surface area contributed by atoms with Crippen molar-refractivity contribution in [2.45, 2.75) is 83.3 Å². The fourth-order valence-electron chi connectivity index (χ4n) is 4.25. The first-order valence-electron chi connectivity index (χ1n) is 15.8. The smallest absolute Gasteiger partial charge is 0.478 e. The monoisotopic (exact) mass is 733 g/mol. The predicted octanol–water partition coefficient (Wildman–Crippen LogP) is 5.26. The van der Waals surface area contributed by atoms with E-state index in [4.69, 9.17) is 27.9 Å². The van der Waals surface area contributed by atoms with Crippen molar-refractivity contribution >= 4 is 66.6 Å². The van der Waals surface area contributed by atoms with E-state index in [2.05, 4.69) is 5.32 Å². The Balaban J connectivity index is 2.27. The summed E-state index contributed by atoms with van der Waals surface area (Å²) in [5.41, 5.74) is -0.860. The molecule has 0 aliphatic rings. The molecule has 0 fully saturated rings. The van der Waals surface area contributed by atoms with Crippen molar-refractivity contribution < 1.29 is 61.7 Å². The van der Waals surface area contributed by atoms with Gasteiger partial charge in [-0.05, 0) is 58.2 Å². The first-order chi connectivity index (χ1) is 22.8. The first-order valence-corrected chi connectivity index (χ1v) is 19.5. The second kappa shape index (κ2) is 23.4. The van der Waals surface area contributed by atoms with Gasteiger partial charge in [0.1, 0.15) is 0 Å². The van der Waals surface area contributed by atoms with E-state index in [9.17, 15) is 33.9 Å². The second-order valence-corrected chi connectivity index (χ2v) is 15.9. The van der Waals surface area contributed by atoms with E-state index in [0.29, 0.717) is 51.7 Å². The van der Waals surface area contributed by atoms with E-state index in [1.54, 1.807) is 13.8 Å². The standard InChI is InChI=1S/C31H47NO13S2Si/c1-6-43-48(44-7-2,45-8-3)17-11-14-32-31(40)47-22(5)19-27(34)42-16-10-9-15-41-26(33)18-21(4)46-30(39)24-13-12-23(28(35)36)20-25(24)29(37)38/h12-13,20-22H,6-11,14-19H2,1-5H3,(H,32,40)(H,35,36)(H,37,38). The molecule has 0 saturated carbocycles. The van der Waals surface area contributed by atoms with E-state index < -0.39 is 48.6 Å². The molecule has 0 heterocycles. The summed E-state index contributed by atoms with van der Waals surface area (Å²) in [6.07, 6.45) is 1.45. The SMILES string of the molecule is CCO[Si](CCCNC(=O)SC(C)CC(=O)OCCCCOC(=O)CC(C)SC(=O)c1ccc(C(=O)O)cc1C(=O)O)(OCC)OCC. The highest BCUT2D eigenvalue weighted by Gasteiger charge is 2.39. The van der Waals surface area contributed by atoms with Gasteiger partial charge in [-0.3, -0.25) is 19.2 Å². The van der Waals surface area contributed by atoms with Crippen molar-refractivity contribution in [1.82, 2.24) is 5.32 Å². The molecule has 3 N–H and O–H groups in total. The van der Waals surface area contributed by atoms with Gasteiger partial charge in [0.05, 0.1) is 37.2 Å². The van der Waals surface area contributed by atoms with Gasteiger partial charge < -0.3 is 38.3 Å². The molecule has 14 nitrogen and oxygen atoms in total. The van der Waals surface area contributed by atoms with Gasteiger partial charge in [0.15, 0.2) is 0 Å². The number of carbonyl (C=O) groups is 6. The Bertz CT molecular complexity index is 1220. The van der Waals surface area contributed by atoms with Crippen LogP contribution in [0.15, 0.2) is 18.2 Å². The summed E-state index contributed by atoms with van der Waals surface area (Å²) < 4.78 is 27.8. The van der Waals surface area contributed by atoms with E-state index in [-0.39, 0.29) is 47.7 Å². The number of ether oxygens (including phenoxy) is 2. The highest BCUT2D eigenvalue weighted by molar-refractivity contribution is 8.14. The van der Waals surface area contributed by atoms with E-state index in [1.807, 2.05) is 20.8 Å². The van der Waals surface area contributed by atoms with Crippen molar-refractivity contribution in [2.75, 3.05) is 39.6 Å². The third kappa shape index (κ3) is 16.9. The van der Waals surface area contributed by atoms with Crippen LogP contribution in [-0.2, 0) is 32.3 Å². The Morgan fingerprint density at radius 2 is 1.27 bits per heavy atom. The molecule has 1 aromatic rings. The number of aromatic carboxylic acids is 2. The largest absolute Gasteiger partial charge is 0.500 e. The molecule has 1 aromatic carbocycles. The van der Waals surface area contributed by atoms with E-state index >= 15 is 0 Å². The number of hydrogen-bond acceptors (Lipinski definition) is 13.